The first-order chi connectivity index (χ1) is 10.9. The average molecular weight is 321 g/mol. The molecule has 2 aliphatic carbocycles. The fourth-order valence-corrected chi connectivity index (χ4v) is 5.10. The van der Waals surface area contributed by atoms with Crippen molar-refractivity contribution < 1.29 is 4.79 Å². The first-order valence-electron chi connectivity index (χ1n) is 10.5. The molecule has 0 amide bonds. The number of hydrogen-bond acceptors (Lipinski definition) is 1. The number of unbranched alkanes of at least 4 members (excludes halogenated alkanes) is 2. The number of rotatable bonds is 6. The largest absolute Gasteiger partial charge is 0.299 e. The van der Waals surface area contributed by atoms with Gasteiger partial charge in [0.25, 0.3) is 0 Å². The van der Waals surface area contributed by atoms with Crippen LogP contribution in [0.5, 0.6) is 0 Å². The Morgan fingerprint density at radius 2 is 1.35 bits per heavy atom. The summed E-state index contributed by atoms with van der Waals surface area (Å²) in [6.07, 6.45) is 16.6. The minimum atomic E-state index is -0.145. The second kappa shape index (κ2) is 8.67. The second-order valence-electron chi connectivity index (χ2n) is 9.50. The maximum atomic E-state index is 12.5. The van der Waals surface area contributed by atoms with Gasteiger partial charge in [-0.2, -0.15) is 0 Å². The van der Waals surface area contributed by atoms with Crippen LogP contribution in [0, 0.1) is 29.1 Å². The molecule has 0 heterocycles. The summed E-state index contributed by atoms with van der Waals surface area (Å²) >= 11 is 0. The standard InChI is InChI=1S/C22H40O/c1-5-6-7-8-17-9-11-18(12-10-17)19-13-15-20(16-14-19)21(23)22(2,3)4/h17-20H,5-16H2,1-4H3. The van der Waals surface area contributed by atoms with E-state index in [0.717, 1.165) is 30.6 Å². The van der Waals surface area contributed by atoms with Crippen LogP contribution >= 0.6 is 0 Å². The molecule has 2 aliphatic rings. The molecule has 0 atom stereocenters. The minimum Gasteiger partial charge on any atom is -0.299 e. The van der Waals surface area contributed by atoms with Crippen LogP contribution in [0.25, 0.3) is 0 Å². The van der Waals surface area contributed by atoms with Crippen molar-refractivity contribution in [2.75, 3.05) is 0 Å². The molecule has 1 nitrogen and oxygen atoms in total. The zero-order valence-electron chi connectivity index (χ0n) is 16.2. The second-order valence-corrected chi connectivity index (χ2v) is 9.50. The number of ketones is 1. The molecule has 1 heteroatoms. The van der Waals surface area contributed by atoms with Gasteiger partial charge in [0.15, 0.2) is 0 Å². The van der Waals surface area contributed by atoms with Gasteiger partial charge >= 0.3 is 0 Å². The van der Waals surface area contributed by atoms with E-state index in [1.807, 2.05) is 0 Å². The molecule has 0 spiro atoms. The fourth-order valence-electron chi connectivity index (χ4n) is 5.10. The normalized spacial score (nSPS) is 32.7. The Morgan fingerprint density at radius 3 is 1.83 bits per heavy atom. The summed E-state index contributed by atoms with van der Waals surface area (Å²) in [4.78, 5) is 12.5. The first-order valence-corrected chi connectivity index (χ1v) is 10.5. The van der Waals surface area contributed by atoms with Crippen LogP contribution in [0.3, 0.4) is 0 Å². The Morgan fingerprint density at radius 1 is 0.826 bits per heavy atom. The van der Waals surface area contributed by atoms with Gasteiger partial charge in [-0.15, -0.1) is 0 Å². The van der Waals surface area contributed by atoms with Gasteiger partial charge in [-0.05, 0) is 56.3 Å². The van der Waals surface area contributed by atoms with Gasteiger partial charge in [0.2, 0.25) is 0 Å². The SMILES string of the molecule is CCCCCC1CCC(C2CCC(C(=O)C(C)(C)C)CC2)CC1. The Balaban J connectivity index is 1.70. The van der Waals surface area contributed by atoms with Crippen LogP contribution in [0.1, 0.15) is 105 Å². The molecule has 2 fully saturated rings. The topological polar surface area (TPSA) is 17.1 Å². The van der Waals surface area contributed by atoms with Crippen LogP contribution in [0.15, 0.2) is 0 Å². The molecule has 0 saturated heterocycles. The Hall–Kier alpha value is -0.330. The van der Waals surface area contributed by atoms with Gasteiger partial charge in [0, 0.05) is 11.3 Å². The molecular weight excluding hydrogens is 280 g/mol. The highest BCUT2D eigenvalue weighted by Gasteiger charge is 2.35. The van der Waals surface area contributed by atoms with Gasteiger partial charge in [0.05, 0.1) is 0 Å². The lowest BCUT2D eigenvalue weighted by Crippen LogP contribution is -2.33. The van der Waals surface area contributed by atoms with Crippen molar-refractivity contribution in [3.05, 3.63) is 0 Å². The Kier molecular flexibility index (Phi) is 7.17. The molecule has 0 aliphatic heterocycles. The molecule has 0 aromatic heterocycles. The summed E-state index contributed by atoms with van der Waals surface area (Å²) in [7, 11) is 0. The highest BCUT2D eigenvalue weighted by atomic mass is 16.1. The van der Waals surface area contributed by atoms with E-state index in [2.05, 4.69) is 27.7 Å². The quantitative estimate of drug-likeness (QED) is 0.492. The van der Waals surface area contributed by atoms with E-state index in [9.17, 15) is 4.79 Å². The highest BCUT2D eigenvalue weighted by molar-refractivity contribution is 5.85. The van der Waals surface area contributed by atoms with Gasteiger partial charge in [0.1, 0.15) is 5.78 Å². The van der Waals surface area contributed by atoms with Crippen molar-refractivity contribution in [2.45, 2.75) is 105 Å². The van der Waals surface area contributed by atoms with Gasteiger partial charge in [-0.25, -0.2) is 0 Å². The predicted molar refractivity (Wildman–Crippen MR) is 99.5 cm³/mol. The summed E-state index contributed by atoms with van der Waals surface area (Å²) in [5, 5.41) is 0. The van der Waals surface area contributed by atoms with E-state index in [4.69, 9.17) is 0 Å². The lowest BCUT2D eigenvalue weighted by Gasteiger charge is -2.38. The number of Topliss-reactive ketones (excluding diaryl/α,β-unsaturated/α-hetero) is 1. The lowest BCUT2D eigenvalue weighted by atomic mass is 9.66. The molecule has 0 unspecified atom stereocenters. The maximum Gasteiger partial charge on any atom is 0.141 e. The fraction of sp³-hybridized carbons (Fsp3) is 0.955. The van der Waals surface area contributed by atoms with E-state index >= 15 is 0 Å². The molecular formula is C22H40O. The van der Waals surface area contributed by atoms with Gasteiger partial charge in [-0.1, -0.05) is 66.2 Å². The van der Waals surface area contributed by atoms with E-state index in [1.54, 1.807) is 0 Å². The van der Waals surface area contributed by atoms with Crippen LogP contribution in [0.2, 0.25) is 0 Å². The van der Waals surface area contributed by atoms with Crippen LogP contribution in [-0.2, 0) is 4.79 Å². The van der Waals surface area contributed by atoms with Gasteiger partial charge < -0.3 is 0 Å². The van der Waals surface area contributed by atoms with Crippen molar-refractivity contribution in [3.63, 3.8) is 0 Å². The lowest BCUT2D eigenvalue weighted by molar-refractivity contribution is -0.131. The summed E-state index contributed by atoms with van der Waals surface area (Å²) in [5.41, 5.74) is -0.145. The zero-order valence-corrected chi connectivity index (χ0v) is 16.2. The summed E-state index contributed by atoms with van der Waals surface area (Å²) in [6.45, 7) is 8.56. The number of hydrogen-bond donors (Lipinski definition) is 0. The number of carbonyl (C=O) groups excluding carboxylic acids is 1. The van der Waals surface area contributed by atoms with Crippen LogP contribution in [0.4, 0.5) is 0 Å². The molecule has 23 heavy (non-hydrogen) atoms. The molecule has 0 aromatic rings. The highest BCUT2D eigenvalue weighted by Crippen LogP contribution is 2.43. The molecule has 0 N–H and O–H groups in total. The molecule has 2 saturated carbocycles. The molecule has 0 aromatic carbocycles. The molecule has 2 rings (SSSR count). The van der Waals surface area contributed by atoms with Crippen LogP contribution in [-0.4, -0.2) is 5.78 Å². The van der Waals surface area contributed by atoms with Crippen molar-refractivity contribution in [1.29, 1.82) is 0 Å². The Labute approximate surface area is 145 Å². The summed E-state index contributed by atoms with van der Waals surface area (Å²) in [5.74, 6) is 3.79. The van der Waals surface area contributed by atoms with E-state index in [0.29, 0.717) is 11.7 Å². The van der Waals surface area contributed by atoms with E-state index in [-0.39, 0.29) is 5.41 Å². The van der Waals surface area contributed by atoms with Crippen LogP contribution < -0.4 is 0 Å². The van der Waals surface area contributed by atoms with Crippen molar-refractivity contribution >= 4 is 5.78 Å². The Bertz CT molecular complexity index is 349. The van der Waals surface area contributed by atoms with Crippen molar-refractivity contribution in [2.24, 2.45) is 29.1 Å². The van der Waals surface area contributed by atoms with E-state index in [1.165, 1.54) is 64.2 Å². The first kappa shape index (κ1) is 19.0. The van der Waals surface area contributed by atoms with Crippen molar-refractivity contribution in [1.82, 2.24) is 0 Å². The number of carbonyl (C=O) groups is 1. The zero-order chi connectivity index (χ0) is 16.9. The van der Waals surface area contributed by atoms with E-state index < -0.39 is 0 Å². The molecule has 0 radical (unpaired) electrons. The van der Waals surface area contributed by atoms with Gasteiger partial charge in [-0.3, -0.25) is 4.79 Å². The monoisotopic (exact) mass is 320 g/mol. The molecule has 0 bridgehead atoms. The average Bonchev–Trinajstić information content (AvgIpc) is 2.54. The third-order valence-corrected chi connectivity index (χ3v) is 6.66. The molecule has 134 valence electrons. The maximum absolute atomic E-state index is 12.5. The summed E-state index contributed by atoms with van der Waals surface area (Å²) < 4.78 is 0. The summed E-state index contributed by atoms with van der Waals surface area (Å²) in [6, 6.07) is 0. The predicted octanol–water partition coefficient (Wildman–Crippen LogP) is 6.79. The smallest absolute Gasteiger partial charge is 0.141 e. The third-order valence-electron chi connectivity index (χ3n) is 6.66. The minimum absolute atomic E-state index is 0.145. The third kappa shape index (κ3) is 5.61. The van der Waals surface area contributed by atoms with Crippen molar-refractivity contribution in [3.8, 4) is 0 Å².